The molecule has 88 valence electrons. The molecule has 0 spiro atoms. The maximum Gasteiger partial charge on any atom is 0.214 e. The maximum atomic E-state index is 5.91. The van der Waals surface area contributed by atoms with Gasteiger partial charge in [0, 0.05) is 20.1 Å². The topological polar surface area (TPSA) is 44.9 Å². The standard InChI is InChI=1S/C12H20N4/c1-4-16(5-2)12(13)14-15(3)11-9-7-6-8-10-11/h6-10H,4-5H2,1-3H3,(H2,13,14). The molecule has 0 saturated carbocycles. The van der Waals surface area contributed by atoms with Gasteiger partial charge in [-0.15, -0.1) is 5.10 Å². The number of hydrazone groups is 1. The van der Waals surface area contributed by atoms with E-state index in [0.29, 0.717) is 5.96 Å². The molecule has 0 aliphatic heterocycles. The van der Waals surface area contributed by atoms with Crippen LogP contribution in [0.3, 0.4) is 0 Å². The minimum absolute atomic E-state index is 0.552. The van der Waals surface area contributed by atoms with Gasteiger partial charge in [-0.05, 0) is 26.0 Å². The van der Waals surface area contributed by atoms with Crippen molar-refractivity contribution in [3.05, 3.63) is 30.3 Å². The number of para-hydroxylation sites is 1. The predicted molar refractivity (Wildman–Crippen MR) is 69.4 cm³/mol. The van der Waals surface area contributed by atoms with Crippen LogP contribution in [0.1, 0.15) is 13.8 Å². The molecule has 4 nitrogen and oxygen atoms in total. The van der Waals surface area contributed by atoms with E-state index in [1.807, 2.05) is 42.3 Å². The number of hydrogen-bond donors (Lipinski definition) is 1. The van der Waals surface area contributed by atoms with E-state index in [4.69, 9.17) is 5.73 Å². The molecule has 4 heteroatoms. The zero-order chi connectivity index (χ0) is 12.0. The molecule has 0 bridgehead atoms. The molecule has 0 aliphatic rings. The average Bonchev–Trinajstić information content (AvgIpc) is 2.31. The van der Waals surface area contributed by atoms with E-state index in [9.17, 15) is 0 Å². The van der Waals surface area contributed by atoms with Crippen molar-refractivity contribution in [2.24, 2.45) is 10.8 Å². The van der Waals surface area contributed by atoms with Crippen LogP contribution >= 0.6 is 0 Å². The Morgan fingerprint density at radius 2 is 1.75 bits per heavy atom. The molecule has 1 aromatic carbocycles. The Kier molecular flexibility index (Phi) is 4.64. The van der Waals surface area contributed by atoms with Gasteiger partial charge in [-0.2, -0.15) is 0 Å². The zero-order valence-electron chi connectivity index (χ0n) is 10.2. The highest BCUT2D eigenvalue weighted by Gasteiger charge is 2.04. The minimum Gasteiger partial charge on any atom is -0.368 e. The first-order chi connectivity index (χ1) is 7.69. The van der Waals surface area contributed by atoms with Gasteiger partial charge in [0.1, 0.15) is 0 Å². The third kappa shape index (κ3) is 3.15. The SMILES string of the molecule is CCN(CC)/C(N)=N/N(C)c1ccccc1. The lowest BCUT2D eigenvalue weighted by atomic mass is 10.3. The van der Waals surface area contributed by atoms with E-state index < -0.39 is 0 Å². The number of guanidine groups is 1. The first kappa shape index (κ1) is 12.4. The van der Waals surface area contributed by atoms with E-state index in [2.05, 4.69) is 18.9 Å². The van der Waals surface area contributed by atoms with Crippen LogP contribution in [0.25, 0.3) is 0 Å². The van der Waals surface area contributed by atoms with E-state index in [1.54, 1.807) is 5.01 Å². The van der Waals surface area contributed by atoms with Crippen molar-refractivity contribution >= 4 is 11.6 Å². The maximum absolute atomic E-state index is 5.91. The monoisotopic (exact) mass is 220 g/mol. The van der Waals surface area contributed by atoms with Gasteiger partial charge >= 0.3 is 0 Å². The largest absolute Gasteiger partial charge is 0.368 e. The summed E-state index contributed by atoms with van der Waals surface area (Å²) in [4.78, 5) is 2.01. The average molecular weight is 220 g/mol. The Hall–Kier alpha value is -1.71. The predicted octanol–water partition coefficient (Wildman–Crippen LogP) is 1.69. The van der Waals surface area contributed by atoms with Gasteiger partial charge in [0.25, 0.3) is 0 Å². The van der Waals surface area contributed by atoms with Crippen molar-refractivity contribution in [2.45, 2.75) is 13.8 Å². The van der Waals surface area contributed by atoms with Crippen molar-refractivity contribution in [2.75, 3.05) is 25.1 Å². The molecule has 2 N–H and O–H groups in total. The van der Waals surface area contributed by atoms with Gasteiger partial charge in [0.05, 0.1) is 5.69 Å². The first-order valence-electron chi connectivity index (χ1n) is 5.56. The van der Waals surface area contributed by atoms with Gasteiger partial charge in [-0.3, -0.25) is 5.01 Å². The molecule has 0 radical (unpaired) electrons. The molecule has 0 heterocycles. The van der Waals surface area contributed by atoms with Gasteiger partial charge in [0.15, 0.2) is 0 Å². The molecule has 0 fully saturated rings. The molecule has 1 aromatic rings. The summed E-state index contributed by atoms with van der Waals surface area (Å²) in [6.07, 6.45) is 0. The summed E-state index contributed by atoms with van der Waals surface area (Å²) in [5.41, 5.74) is 6.94. The molecule has 0 unspecified atom stereocenters. The van der Waals surface area contributed by atoms with Gasteiger partial charge in [-0.1, -0.05) is 18.2 Å². The Balaban J connectivity index is 2.76. The summed E-state index contributed by atoms with van der Waals surface area (Å²) in [6.45, 7) is 5.87. The van der Waals surface area contributed by atoms with Crippen LogP contribution < -0.4 is 10.7 Å². The Morgan fingerprint density at radius 1 is 1.19 bits per heavy atom. The second kappa shape index (κ2) is 6.00. The van der Waals surface area contributed by atoms with E-state index in [0.717, 1.165) is 18.8 Å². The Bertz CT molecular complexity index is 330. The second-order valence-electron chi connectivity index (χ2n) is 3.49. The highest BCUT2D eigenvalue weighted by molar-refractivity contribution is 5.79. The molecular weight excluding hydrogens is 200 g/mol. The quantitative estimate of drug-likeness (QED) is 0.477. The summed E-state index contributed by atoms with van der Waals surface area (Å²) in [6, 6.07) is 9.94. The normalized spacial score (nSPS) is 11.3. The molecule has 0 aliphatic carbocycles. The van der Waals surface area contributed by atoms with E-state index >= 15 is 0 Å². The van der Waals surface area contributed by atoms with Gasteiger partial charge in [0.2, 0.25) is 5.96 Å². The molecule has 16 heavy (non-hydrogen) atoms. The summed E-state index contributed by atoms with van der Waals surface area (Å²) in [5.74, 6) is 0.552. The lowest BCUT2D eigenvalue weighted by molar-refractivity contribution is 0.458. The molecular formula is C12H20N4. The Morgan fingerprint density at radius 3 is 2.25 bits per heavy atom. The number of nitrogens with zero attached hydrogens (tertiary/aromatic N) is 3. The fraction of sp³-hybridized carbons (Fsp3) is 0.417. The van der Waals surface area contributed by atoms with Crippen LogP contribution in [0.5, 0.6) is 0 Å². The van der Waals surface area contributed by atoms with Crippen LogP contribution in [0.4, 0.5) is 5.69 Å². The summed E-state index contributed by atoms with van der Waals surface area (Å²) in [5, 5.41) is 6.13. The smallest absolute Gasteiger partial charge is 0.214 e. The van der Waals surface area contributed by atoms with E-state index in [1.165, 1.54) is 0 Å². The molecule has 0 saturated heterocycles. The van der Waals surface area contributed by atoms with Crippen molar-refractivity contribution in [1.82, 2.24) is 4.90 Å². The third-order valence-electron chi connectivity index (χ3n) is 2.47. The number of benzene rings is 1. The van der Waals surface area contributed by atoms with Crippen LogP contribution in [0.2, 0.25) is 0 Å². The zero-order valence-corrected chi connectivity index (χ0v) is 10.2. The summed E-state index contributed by atoms with van der Waals surface area (Å²) >= 11 is 0. The van der Waals surface area contributed by atoms with E-state index in [-0.39, 0.29) is 0 Å². The number of rotatable bonds is 4. The molecule has 0 atom stereocenters. The summed E-state index contributed by atoms with van der Waals surface area (Å²) < 4.78 is 0. The lowest BCUT2D eigenvalue weighted by Crippen LogP contribution is -2.38. The first-order valence-corrected chi connectivity index (χ1v) is 5.56. The van der Waals surface area contributed by atoms with Crippen LogP contribution in [0, 0.1) is 0 Å². The van der Waals surface area contributed by atoms with Crippen molar-refractivity contribution in [3.8, 4) is 0 Å². The van der Waals surface area contributed by atoms with Crippen LogP contribution in [-0.2, 0) is 0 Å². The van der Waals surface area contributed by atoms with Crippen LogP contribution in [0.15, 0.2) is 35.4 Å². The minimum atomic E-state index is 0.552. The lowest BCUT2D eigenvalue weighted by Gasteiger charge is -2.22. The summed E-state index contributed by atoms with van der Waals surface area (Å²) in [7, 11) is 1.89. The highest BCUT2D eigenvalue weighted by Crippen LogP contribution is 2.10. The molecule has 0 amide bonds. The second-order valence-corrected chi connectivity index (χ2v) is 3.49. The van der Waals surface area contributed by atoms with Crippen LogP contribution in [-0.4, -0.2) is 31.0 Å². The van der Waals surface area contributed by atoms with Crippen molar-refractivity contribution < 1.29 is 0 Å². The third-order valence-corrected chi connectivity index (χ3v) is 2.47. The number of hydrogen-bond acceptors (Lipinski definition) is 2. The molecule has 0 aromatic heterocycles. The Labute approximate surface area is 97.3 Å². The van der Waals surface area contributed by atoms with Crippen molar-refractivity contribution in [3.63, 3.8) is 0 Å². The highest BCUT2D eigenvalue weighted by atomic mass is 15.5. The number of anilines is 1. The fourth-order valence-electron chi connectivity index (χ4n) is 1.47. The van der Waals surface area contributed by atoms with Crippen molar-refractivity contribution in [1.29, 1.82) is 0 Å². The van der Waals surface area contributed by atoms with Gasteiger partial charge < -0.3 is 10.6 Å². The van der Waals surface area contributed by atoms with Gasteiger partial charge in [-0.25, -0.2) is 0 Å². The number of nitrogens with two attached hydrogens (primary N) is 1. The molecule has 1 rings (SSSR count). The fourth-order valence-corrected chi connectivity index (χ4v) is 1.47.